The number of rotatable bonds is 8. The Hall–Kier alpha value is -2.30. The van der Waals surface area contributed by atoms with E-state index in [0.29, 0.717) is 0 Å². The van der Waals surface area contributed by atoms with Crippen molar-refractivity contribution in [2.24, 2.45) is 4.99 Å². The Morgan fingerprint density at radius 2 is 1.52 bits per heavy atom. The Bertz CT molecular complexity index is 936. The standard InChI is InChI=1S/C25H24FNS2/c1-2-3-10-20(19-28-23-17-15-21(26)16-18-23)25(27-22-11-6-4-7-12-22)29-24-13-8-5-9-14-24/h4-9,11-19H,2-3,10H2,1H3/b20-19?,27-25+. The normalized spacial score (nSPS) is 12.2. The molecule has 0 heterocycles. The zero-order valence-corrected chi connectivity index (χ0v) is 18.1. The third-order valence-electron chi connectivity index (χ3n) is 4.17. The van der Waals surface area contributed by atoms with E-state index in [2.05, 4.69) is 24.5 Å². The molecule has 0 aliphatic carbocycles. The second kappa shape index (κ2) is 11.6. The van der Waals surface area contributed by atoms with Crippen LogP contribution in [0, 0.1) is 5.82 Å². The van der Waals surface area contributed by atoms with Gasteiger partial charge in [-0.15, -0.1) is 0 Å². The highest BCUT2D eigenvalue weighted by atomic mass is 32.2. The van der Waals surface area contributed by atoms with E-state index in [9.17, 15) is 4.39 Å². The molecule has 0 aliphatic heterocycles. The summed E-state index contributed by atoms with van der Waals surface area (Å²) >= 11 is 3.30. The fourth-order valence-electron chi connectivity index (χ4n) is 2.62. The molecule has 0 unspecified atom stereocenters. The number of hydrogen-bond donors (Lipinski definition) is 0. The van der Waals surface area contributed by atoms with Crippen LogP contribution in [0.3, 0.4) is 0 Å². The van der Waals surface area contributed by atoms with Gasteiger partial charge in [-0.1, -0.05) is 73.3 Å². The van der Waals surface area contributed by atoms with Crippen molar-refractivity contribution in [2.75, 3.05) is 0 Å². The van der Waals surface area contributed by atoms with E-state index in [1.807, 2.05) is 60.7 Å². The van der Waals surface area contributed by atoms with Crippen LogP contribution < -0.4 is 0 Å². The summed E-state index contributed by atoms with van der Waals surface area (Å²) in [6.07, 6.45) is 3.17. The van der Waals surface area contributed by atoms with E-state index in [1.54, 1.807) is 23.5 Å². The minimum absolute atomic E-state index is 0.213. The quantitative estimate of drug-likeness (QED) is 0.205. The average Bonchev–Trinajstić information content (AvgIpc) is 2.76. The molecule has 0 fully saturated rings. The van der Waals surface area contributed by atoms with Crippen LogP contribution in [0.1, 0.15) is 26.2 Å². The second-order valence-electron chi connectivity index (χ2n) is 6.49. The topological polar surface area (TPSA) is 12.4 Å². The first-order valence-corrected chi connectivity index (χ1v) is 11.4. The predicted octanol–water partition coefficient (Wildman–Crippen LogP) is 8.51. The highest BCUT2D eigenvalue weighted by Gasteiger charge is 2.11. The van der Waals surface area contributed by atoms with Crippen molar-refractivity contribution in [1.29, 1.82) is 0 Å². The number of para-hydroxylation sites is 1. The van der Waals surface area contributed by atoms with Crippen molar-refractivity contribution in [1.82, 2.24) is 0 Å². The molecule has 0 radical (unpaired) electrons. The van der Waals surface area contributed by atoms with E-state index < -0.39 is 0 Å². The molecule has 0 amide bonds. The molecule has 4 heteroatoms. The Morgan fingerprint density at radius 3 is 2.17 bits per heavy atom. The molecule has 148 valence electrons. The summed E-state index contributed by atoms with van der Waals surface area (Å²) in [5.74, 6) is -0.213. The SMILES string of the molecule is CCCCC(=CSc1ccc(F)cc1)/C(=N\c1ccccc1)Sc1ccccc1. The molecule has 0 N–H and O–H groups in total. The lowest BCUT2D eigenvalue weighted by atomic mass is 10.1. The fraction of sp³-hybridized carbons (Fsp3) is 0.160. The van der Waals surface area contributed by atoms with Gasteiger partial charge in [-0.2, -0.15) is 0 Å². The lowest BCUT2D eigenvalue weighted by molar-refractivity contribution is 0.626. The summed E-state index contributed by atoms with van der Waals surface area (Å²) in [5, 5.41) is 3.17. The van der Waals surface area contributed by atoms with Crippen molar-refractivity contribution in [3.63, 3.8) is 0 Å². The van der Waals surface area contributed by atoms with Crippen molar-refractivity contribution in [3.05, 3.63) is 102 Å². The number of benzene rings is 3. The minimum atomic E-state index is -0.213. The van der Waals surface area contributed by atoms with E-state index in [4.69, 9.17) is 4.99 Å². The van der Waals surface area contributed by atoms with Crippen LogP contribution >= 0.6 is 23.5 Å². The van der Waals surface area contributed by atoms with Crippen molar-refractivity contribution in [2.45, 2.75) is 36.0 Å². The minimum Gasteiger partial charge on any atom is -0.241 e. The lowest BCUT2D eigenvalue weighted by Gasteiger charge is -2.12. The van der Waals surface area contributed by atoms with Gasteiger partial charge in [0.25, 0.3) is 0 Å². The number of nitrogens with zero attached hydrogens (tertiary/aromatic N) is 1. The first kappa shape index (κ1) is 21.4. The van der Waals surface area contributed by atoms with Gasteiger partial charge in [0.05, 0.1) is 5.69 Å². The van der Waals surface area contributed by atoms with Gasteiger partial charge < -0.3 is 0 Å². The van der Waals surface area contributed by atoms with Crippen LogP contribution in [-0.2, 0) is 0 Å². The summed E-state index contributed by atoms with van der Waals surface area (Å²) in [5.41, 5.74) is 2.15. The molecule has 0 bridgehead atoms. The molecule has 0 saturated heterocycles. The van der Waals surface area contributed by atoms with Crippen LogP contribution in [0.5, 0.6) is 0 Å². The van der Waals surface area contributed by atoms with Gasteiger partial charge in [-0.05, 0) is 72.4 Å². The van der Waals surface area contributed by atoms with Gasteiger partial charge in [0.2, 0.25) is 0 Å². The number of thioether (sulfide) groups is 2. The first-order chi connectivity index (χ1) is 14.2. The van der Waals surface area contributed by atoms with Crippen LogP contribution in [0.2, 0.25) is 0 Å². The number of hydrogen-bond acceptors (Lipinski definition) is 3. The zero-order valence-electron chi connectivity index (χ0n) is 16.4. The molecule has 0 atom stereocenters. The molecule has 3 aromatic rings. The number of halogens is 1. The summed E-state index contributed by atoms with van der Waals surface area (Å²) in [4.78, 5) is 7.15. The van der Waals surface area contributed by atoms with E-state index in [-0.39, 0.29) is 5.82 Å². The lowest BCUT2D eigenvalue weighted by Crippen LogP contribution is -1.98. The van der Waals surface area contributed by atoms with E-state index in [0.717, 1.165) is 39.8 Å². The molecular formula is C25H24FNS2. The van der Waals surface area contributed by atoms with Gasteiger partial charge in [-0.3, -0.25) is 0 Å². The number of aliphatic imine (C=N–C) groups is 1. The molecule has 29 heavy (non-hydrogen) atoms. The van der Waals surface area contributed by atoms with Gasteiger partial charge in [0.1, 0.15) is 10.9 Å². The molecule has 0 saturated carbocycles. The van der Waals surface area contributed by atoms with Gasteiger partial charge in [-0.25, -0.2) is 9.38 Å². The first-order valence-electron chi connectivity index (χ1n) is 9.73. The van der Waals surface area contributed by atoms with Crippen molar-refractivity contribution in [3.8, 4) is 0 Å². The summed E-state index contributed by atoms with van der Waals surface area (Å²) < 4.78 is 13.2. The smallest absolute Gasteiger partial charge is 0.123 e. The Balaban J connectivity index is 1.93. The average molecular weight is 422 g/mol. The molecule has 0 aliphatic rings. The molecule has 0 spiro atoms. The molecule has 3 aromatic carbocycles. The van der Waals surface area contributed by atoms with E-state index in [1.165, 1.54) is 17.7 Å². The molecule has 1 nitrogen and oxygen atoms in total. The molecular weight excluding hydrogens is 397 g/mol. The Morgan fingerprint density at radius 1 is 0.862 bits per heavy atom. The third kappa shape index (κ3) is 7.22. The van der Waals surface area contributed by atoms with E-state index >= 15 is 0 Å². The summed E-state index contributed by atoms with van der Waals surface area (Å²) in [6, 6.07) is 27.0. The monoisotopic (exact) mass is 421 g/mol. The maximum Gasteiger partial charge on any atom is 0.123 e. The Kier molecular flexibility index (Phi) is 8.59. The van der Waals surface area contributed by atoms with Crippen molar-refractivity contribution >= 4 is 34.3 Å². The van der Waals surface area contributed by atoms with Crippen LogP contribution in [0.25, 0.3) is 0 Å². The highest BCUT2D eigenvalue weighted by molar-refractivity contribution is 8.14. The van der Waals surface area contributed by atoms with Crippen LogP contribution in [-0.4, -0.2) is 5.04 Å². The van der Waals surface area contributed by atoms with Crippen LogP contribution in [0.15, 0.2) is 111 Å². The Labute approximate surface area is 181 Å². The second-order valence-corrected chi connectivity index (χ2v) is 8.49. The van der Waals surface area contributed by atoms with Gasteiger partial charge in [0, 0.05) is 9.79 Å². The fourth-order valence-corrected chi connectivity index (χ4v) is 4.45. The maximum atomic E-state index is 13.2. The maximum absolute atomic E-state index is 13.2. The predicted molar refractivity (Wildman–Crippen MR) is 126 cm³/mol. The zero-order chi connectivity index (χ0) is 20.3. The third-order valence-corrected chi connectivity index (χ3v) is 6.17. The molecule has 3 rings (SSSR count). The van der Waals surface area contributed by atoms with Gasteiger partial charge in [0.15, 0.2) is 0 Å². The summed E-state index contributed by atoms with van der Waals surface area (Å²) in [6.45, 7) is 2.20. The summed E-state index contributed by atoms with van der Waals surface area (Å²) in [7, 11) is 0. The molecule has 0 aromatic heterocycles. The van der Waals surface area contributed by atoms with Crippen molar-refractivity contribution < 1.29 is 4.39 Å². The number of unbranched alkanes of at least 4 members (excludes halogenated alkanes) is 1. The van der Waals surface area contributed by atoms with Crippen LogP contribution in [0.4, 0.5) is 10.1 Å². The highest BCUT2D eigenvalue weighted by Crippen LogP contribution is 2.31. The largest absolute Gasteiger partial charge is 0.241 e. The van der Waals surface area contributed by atoms with Gasteiger partial charge >= 0.3 is 0 Å².